The Morgan fingerprint density at radius 1 is 1.40 bits per heavy atom. The van der Waals surface area contributed by atoms with E-state index in [1.807, 2.05) is 31.2 Å². The Morgan fingerprint density at radius 3 is 2.65 bits per heavy atom. The lowest BCUT2D eigenvalue weighted by Gasteiger charge is -2.36. The van der Waals surface area contributed by atoms with Crippen LogP contribution >= 0.6 is 11.6 Å². The van der Waals surface area contributed by atoms with E-state index >= 15 is 0 Å². The Balaban J connectivity index is 2.08. The summed E-state index contributed by atoms with van der Waals surface area (Å²) in [6.45, 7) is 5.93. The van der Waals surface area contributed by atoms with Crippen molar-refractivity contribution in [2.45, 2.75) is 39.2 Å². The Labute approximate surface area is 126 Å². The summed E-state index contributed by atoms with van der Waals surface area (Å²) in [5, 5.41) is 7.17. The van der Waals surface area contributed by atoms with Crippen molar-refractivity contribution in [3.05, 3.63) is 34.9 Å². The van der Waals surface area contributed by atoms with E-state index in [0.29, 0.717) is 5.02 Å². The fourth-order valence-corrected chi connectivity index (χ4v) is 3.20. The smallest absolute Gasteiger partial charge is 0.226 e. The second-order valence-corrected chi connectivity index (χ2v) is 6.01. The summed E-state index contributed by atoms with van der Waals surface area (Å²) in [4.78, 5) is 12.7. The first-order chi connectivity index (χ1) is 9.59. The summed E-state index contributed by atoms with van der Waals surface area (Å²) in [5.41, 5.74) is 0.753. The van der Waals surface area contributed by atoms with Gasteiger partial charge in [0.1, 0.15) is 0 Å². The molecule has 1 aliphatic heterocycles. The number of nitrogens with one attached hydrogen (secondary N) is 2. The van der Waals surface area contributed by atoms with Gasteiger partial charge in [0.2, 0.25) is 5.91 Å². The number of hydrogen-bond donors (Lipinski definition) is 2. The minimum Gasteiger partial charge on any atom is -0.349 e. The van der Waals surface area contributed by atoms with Gasteiger partial charge in [-0.2, -0.15) is 0 Å². The Kier molecular flexibility index (Phi) is 5.06. The maximum absolute atomic E-state index is 12.7. The zero-order valence-electron chi connectivity index (χ0n) is 12.2. The molecule has 0 unspecified atom stereocenters. The monoisotopic (exact) mass is 294 g/mol. The van der Waals surface area contributed by atoms with Gasteiger partial charge in [-0.25, -0.2) is 0 Å². The highest BCUT2D eigenvalue weighted by molar-refractivity contribution is 6.31. The van der Waals surface area contributed by atoms with Crippen molar-refractivity contribution < 1.29 is 4.79 Å². The number of hydrogen-bond acceptors (Lipinski definition) is 2. The van der Waals surface area contributed by atoms with Gasteiger partial charge in [-0.05, 0) is 50.9 Å². The Bertz CT molecular complexity index is 469. The molecule has 1 aromatic rings. The largest absolute Gasteiger partial charge is 0.349 e. The Morgan fingerprint density at radius 2 is 2.05 bits per heavy atom. The molecule has 1 atom stereocenters. The quantitative estimate of drug-likeness (QED) is 0.894. The molecule has 0 saturated carbocycles. The van der Waals surface area contributed by atoms with Gasteiger partial charge < -0.3 is 10.6 Å². The molecule has 0 radical (unpaired) electrons. The molecule has 0 bridgehead atoms. The van der Waals surface area contributed by atoms with Crippen molar-refractivity contribution in [2.24, 2.45) is 5.41 Å². The van der Waals surface area contributed by atoms with Gasteiger partial charge in [-0.3, -0.25) is 4.79 Å². The molecule has 3 nitrogen and oxygen atoms in total. The standard InChI is InChI=1S/C16H23ClN2O/c1-3-16(8-10-18-11-9-16)15(20)19-12(2)13-6-4-5-7-14(13)17/h4-7,12,18H,3,8-11H2,1-2H3,(H,19,20)/t12-/m0/s1. The van der Waals surface area contributed by atoms with E-state index in [1.54, 1.807) is 0 Å². The van der Waals surface area contributed by atoms with Crippen molar-refractivity contribution in [2.75, 3.05) is 13.1 Å². The lowest BCUT2D eigenvalue weighted by atomic mass is 9.75. The molecule has 0 aliphatic carbocycles. The zero-order chi connectivity index (χ0) is 14.6. The van der Waals surface area contributed by atoms with Gasteiger partial charge >= 0.3 is 0 Å². The SMILES string of the molecule is CCC1(C(=O)N[C@@H](C)c2ccccc2Cl)CCNCC1. The predicted molar refractivity (Wildman–Crippen MR) is 82.8 cm³/mol. The number of rotatable bonds is 4. The van der Waals surface area contributed by atoms with Crippen LogP contribution in [0.5, 0.6) is 0 Å². The van der Waals surface area contributed by atoms with Crippen molar-refractivity contribution in [1.82, 2.24) is 10.6 Å². The first kappa shape index (κ1) is 15.3. The minimum atomic E-state index is -0.221. The fourth-order valence-electron chi connectivity index (χ4n) is 2.90. The summed E-state index contributed by atoms with van der Waals surface area (Å²) in [6.07, 6.45) is 2.70. The van der Waals surface area contributed by atoms with Crippen LogP contribution in [0.3, 0.4) is 0 Å². The van der Waals surface area contributed by atoms with Crippen molar-refractivity contribution in [3.8, 4) is 0 Å². The first-order valence-corrected chi connectivity index (χ1v) is 7.73. The van der Waals surface area contributed by atoms with Crippen LogP contribution in [0.4, 0.5) is 0 Å². The van der Waals surface area contributed by atoms with Crippen LogP contribution in [0.2, 0.25) is 5.02 Å². The van der Waals surface area contributed by atoms with Gasteiger partial charge in [-0.15, -0.1) is 0 Å². The molecule has 2 N–H and O–H groups in total. The van der Waals surface area contributed by atoms with Crippen LogP contribution in [0.1, 0.15) is 44.7 Å². The molecule has 2 rings (SSSR count). The third-order valence-corrected chi connectivity index (χ3v) is 4.78. The molecular formula is C16H23ClN2O. The van der Waals surface area contributed by atoms with Gasteiger partial charge in [-0.1, -0.05) is 36.7 Å². The maximum atomic E-state index is 12.7. The van der Waals surface area contributed by atoms with Crippen LogP contribution in [0, 0.1) is 5.41 Å². The highest BCUT2D eigenvalue weighted by atomic mass is 35.5. The van der Waals surface area contributed by atoms with Crippen LogP contribution in [0.25, 0.3) is 0 Å². The molecule has 1 aromatic carbocycles. The number of amides is 1. The van der Waals surface area contributed by atoms with Gasteiger partial charge in [0.05, 0.1) is 11.5 Å². The number of carbonyl (C=O) groups excluding carboxylic acids is 1. The summed E-state index contributed by atoms with van der Waals surface area (Å²) in [7, 11) is 0. The first-order valence-electron chi connectivity index (χ1n) is 7.35. The second-order valence-electron chi connectivity index (χ2n) is 5.60. The molecule has 1 fully saturated rings. The van der Waals surface area contributed by atoms with E-state index < -0.39 is 0 Å². The average molecular weight is 295 g/mol. The molecule has 0 aromatic heterocycles. The highest BCUT2D eigenvalue weighted by Gasteiger charge is 2.38. The van der Waals surface area contributed by atoms with Crippen LogP contribution < -0.4 is 10.6 Å². The number of benzene rings is 1. The summed E-state index contributed by atoms with van der Waals surface area (Å²) in [5.74, 6) is 0.161. The van der Waals surface area contributed by atoms with E-state index in [4.69, 9.17) is 11.6 Å². The van der Waals surface area contributed by atoms with Gasteiger partial charge in [0, 0.05) is 5.02 Å². The summed E-state index contributed by atoms with van der Waals surface area (Å²) >= 11 is 6.20. The van der Waals surface area contributed by atoms with Crippen LogP contribution in [0.15, 0.2) is 24.3 Å². The van der Waals surface area contributed by atoms with Crippen LogP contribution in [-0.4, -0.2) is 19.0 Å². The molecule has 4 heteroatoms. The molecule has 0 spiro atoms. The third kappa shape index (κ3) is 3.15. The highest BCUT2D eigenvalue weighted by Crippen LogP contribution is 2.34. The lowest BCUT2D eigenvalue weighted by molar-refractivity contribution is -0.133. The third-order valence-electron chi connectivity index (χ3n) is 4.44. The number of piperidine rings is 1. The van der Waals surface area contributed by atoms with E-state index in [-0.39, 0.29) is 17.4 Å². The molecule has 1 aliphatic rings. The summed E-state index contributed by atoms with van der Waals surface area (Å²) in [6, 6.07) is 7.62. The lowest BCUT2D eigenvalue weighted by Crippen LogP contribution is -2.47. The van der Waals surface area contributed by atoms with E-state index in [2.05, 4.69) is 17.6 Å². The molecule has 1 saturated heterocycles. The zero-order valence-corrected chi connectivity index (χ0v) is 13.0. The fraction of sp³-hybridized carbons (Fsp3) is 0.562. The topological polar surface area (TPSA) is 41.1 Å². The molecule has 110 valence electrons. The van der Waals surface area contributed by atoms with Crippen molar-refractivity contribution >= 4 is 17.5 Å². The molecule has 1 amide bonds. The molecular weight excluding hydrogens is 272 g/mol. The van der Waals surface area contributed by atoms with E-state index in [9.17, 15) is 4.79 Å². The normalized spacial score (nSPS) is 19.4. The maximum Gasteiger partial charge on any atom is 0.226 e. The second kappa shape index (κ2) is 6.59. The van der Waals surface area contributed by atoms with Crippen molar-refractivity contribution in [3.63, 3.8) is 0 Å². The van der Waals surface area contributed by atoms with Crippen LogP contribution in [-0.2, 0) is 4.79 Å². The van der Waals surface area contributed by atoms with E-state index in [1.165, 1.54) is 0 Å². The van der Waals surface area contributed by atoms with E-state index in [0.717, 1.165) is 37.9 Å². The minimum absolute atomic E-state index is 0.0606. The molecule has 20 heavy (non-hydrogen) atoms. The number of carbonyl (C=O) groups is 1. The summed E-state index contributed by atoms with van der Waals surface area (Å²) < 4.78 is 0. The van der Waals surface area contributed by atoms with Gasteiger partial charge in [0.25, 0.3) is 0 Å². The number of halogens is 1. The predicted octanol–water partition coefficient (Wildman–Crippen LogP) is 3.30. The average Bonchev–Trinajstić information content (AvgIpc) is 2.48. The Hall–Kier alpha value is -1.06. The van der Waals surface area contributed by atoms with Crippen molar-refractivity contribution in [1.29, 1.82) is 0 Å². The van der Waals surface area contributed by atoms with Gasteiger partial charge in [0.15, 0.2) is 0 Å². The molecule has 1 heterocycles.